The second-order valence-corrected chi connectivity index (χ2v) is 5.75. The molecular weight excluding hydrogens is 270 g/mol. The van der Waals surface area contributed by atoms with Gasteiger partial charge in [0.2, 0.25) is 5.89 Å². The lowest BCUT2D eigenvalue weighted by molar-refractivity contribution is 0.491. The number of thiophene rings is 1. The predicted molar refractivity (Wildman–Crippen MR) is 83.0 cm³/mol. The summed E-state index contributed by atoms with van der Waals surface area (Å²) >= 11 is 1.52. The second-order valence-electron chi connectivity index (χ2n) is 4.55. The van der Waals surface area contributed by atoms with Crippen LogP contribution in [0, 0.1) is 13.8 Å². The molecule has 3 rings (SSSR count). The van der Waals surface area contributed by atoms with Gasteiger partial charge in [-0.2, -0.15) is 0 Å². The molecule has 0 atom stereocenters. The van der Waals surface area contributed by atoms with Gasteiger partial charge >= 0.3 is 5.63 Å². The molecule has 3 nitrogen and oxygen atoms in total. The van der Waals surface area contributed by atoms with Gasteiger partial charge in [-0.05, 0) is 31.1 Å². The summed E-state index contributed by atoms with van der Waals surface area (Å²) in [5.74, 6) is 0.340. The molecule has 2 aromatic heterocycles. The monoisotopic (exact) mass is 283 g/mol. The summed E-state index contributed by atoms with van der Waals surface area (Å²) in [5, 5.41) is 0.601. The molecule has 0 N–H and O–H groups in total. The summed E-state index contributed by atoms with van der Waals surface area (Å²) in [4.78, 5) is 18.2. The third-order valence-electron chi connectivity index (χ3n) is 3.20. The molecule has 0 saturated heterocycles. The summed E-state index contributed by atoms with van der Waals surface area (Å²) in [6.07, 6.45) is 3.60. The molecule has 0 spiro atoms. The molecule has 0 fully saturated rings. The van der Waals surface area contributed by atoms with E-state index in [4.69, 9.17) is 4.42 Å². The van der Waals surface area contributed by atoms with Crippen molar-refractivity contribution in [2.24, 2.45) is 0 Å². The van der Waals surface area contributed by atoms with Crippen molar-refractivity contribution < 1.29 is 4.42 Å². The van der Waals surface area contributed by atoms with Crippen LogP contribution in [0.4, 0.5) is 0 Å². The van der Waals surface area contributed by atoms with Crippen molar-refractivity contribution in [3.8, 4) is 0 Å². The normalized spacial score (nSPS) is 11.5. The Morgan fingerprint density at radius 3 is 2.65 bits per heavy atom. The fourth-order valence-corrected chi connectivity index (χ4v) is 3.02. The van der Waals surface area contributed by atoms with Crippen LogP contribution in [-0.2, 0) is 0 Å². The van der Waals surface area contributed by atoms with E-state index in [-0.39, 0.29) is 5.63 Å². The summed E-state index contributed by atoms with van der Waals surface area (Å²) in [7, 11) is 0. The zero-order chi connectivity index (χ0) is 14.1. The van der Waals surface area contributed by atoms with Crippen molar-refractivity contribution in [2.75, 3.05) is 0 Å². The van der Waals surface area contributed by atoms with Gasteiger partial charge in [0.05, 0.1) is 0 Å². The standard InChI is InChI=1S/C16H13NO2S/c1-10-11(2)20-15-14(10)16(18)19-13(17-15)9-8-12-6-4-3-5-7-12/h3-9H,1-2H3/b9-8-. The van der Waals surface area contributed by atoms with Crippen LogP contribution >= 0.6 is 11.3 Å². The molecule has 100 valence electrons. The summed E-state index contributed by atoms with van der Waals surface area (Å²) in [6, 6.07) is 9.83. The van der Waals surface area contributed by atoms with Gasteiger partial charge in [-0.15, -0.1) is 11.3 Å². The predicted octanol–water partition coefficient (Wildman–Crippen LogP) is 4.04. The zero-order valence-electron chi connectivity index (χ0n) is 11.2. The Hall–Kier alpha value is -2.20. The van der Waals surface area contributed by atoms with Gasteiger partial charge in [-0.1, -0.05) is 30.3 Å². The number of hydrogen-bond acceptors (Lipinski definition) is 4. The van der Waals surface area contributed by atoms with E-state index in [2.05, 4.69) is 4.98 Å². The first kappa shape index (κ1) is 12.8. The third-order valence-corrected chi connectivity index (χ3v) is 4.30. The number of benzene rings is 1. The molecule has 4 heteroatoms. The van der Waals surface area contributed by atoms with E-state index in [1.165, 1.54) is 11.3 Å². The molecule has 20 heavy (non-hydrogen) atoms. The van der Waals surface area contributed by atoms with Gasteiger partial charge in [0, 0.05) is 11.0 Å². The topological polar surface area (TPSA) is 43.1 Å². The van der Waals surface area contributed by atoms with E-state index in [9.17, 15) is 4.79 Å². The number of fused-ring (bicyclic) bond motifs is 1. The van der Waals surface area contributed by atoms with Crippen molar-refractivity contribution in [2.45, 2.75) is 13.8 Å². The third kappa shape index (κ3) is 2.30. The first-order valence-electron chi connectivity index (χ1n) is 6.29. The quantitative estimate of drug-likeness (QED) is 0.713. The lowest BCUT2D eigenvalue weighted by atomic mass is 10.2. The molecule has 0 radical (unpaired) electrons. The minimum absolute atomic E-state index is 0.315. The van der Waals surface area contributed by atoms with E-state index in [0.29, 0.717) is 11.3 Å². The Labute approximate surface area is 120 Å². The minimum atomic E-state index is -0.315. The second kappa shape index (κ2) is 5.06. The molecular formula is C16H13NO2S. The van der Waals surface area contributed by atoms with E-state index in [0.717, 1.165) is 20.8 Å². The number of hydrogen-bond donors (Lipinski definition) is 0. The Morgan fingerprint density at radius 2 is 1.90 bits per heavy atom. The number of nitrogens with zero attached hydrogens (tertiary/aromatic N) is 1. The first-order valence-corrected chi connectivity index (χ1v) is 7.11. The van der Waals surface area contributed by atoms with Crippen LogP contribution in [0.3, 0.4) is 0 Å². The molecule has 0 saturated carbocycles. The maximum atomic E-state index is 12.0. The highest BCUT2D eigenvalue weighted by Crippen LogP contribution is 2.26. The smallest absolute Gasteiger partial charge is 0.348 e. The maximum absolute atomic E-state index is 12.0. The van der Waals surface area contributed by atoms with Crippen LogP contribution in [0.1, 0.15) is 21.9 Å². The fourth-order valence-electron chi connectivity index (χ4n) is 2.00. The van der Waals surface area contributed by atoms with Gasteiger partial charge in [-0.3, -0.25) is 0 Å². The van der Waals surface area contributed by atoms with Gasteiger partial charge in [-0.25, -0.2) is 9.78 Å². The van der Waals surface area contributed by atoms with Gasteiger partial charge in [0.25, 0.3) is 0 Å². The first-order chi connectivity index (χ1) is 9.65. The molecule has 0 aliphatic rings. The van der Waals surface area contributed by atoms with Crippen molar-refractivity contribution >= 4 is 33.7 Å². The van der Waals surface area contributed by atoms with Crippen LogP contribution in [0.5, 0.6) is 0 Å². The lowest BCUT2D eigenvalue weighted by Gasteiger charge is -1.94. The van der Waals surface area contributed by atoms with Crippen molar-refractivity contribution in [3.05, 3.63) is 62.6 Å². The maximum Gasteiger partial charge on any atom is 0.348 e. The van der Waals surface area contributed by atoms with Crippen LogP contribution in [0.15, 0.2) is 39.5 Å². The Balaban J connectivity index is 2.06. The van der Waals surface area contributed by atoms with Crippen LogP contribution in [0.25, 0.3) is 22.4 Å². The number of aromatic nitrogens is 1. The van der Waals surface area contributed by atoms with Crippen molar-refractivity contribution in [1.82, 2.24) is 4.98 Å². The minimum Gasteiger partial charge on any atom is -0.404 e. The average Bonchev–Trinajstić information content (AvgIpc) is 2.73. The lowest BCUT2D eigenvalue weighted by Crippen LogP contribution is -2.02. The molecule has 0 unspecified atom stereocenters. The van der Waals surface area contributed by atoms with Crippen LogP contribution in [0.2, 0.25) is 0 Å². The van der Waals surface area contributed by atoms with Gasteiger partial charge in [0.15, 0.2) is 0 Å². The fraction of sp³-hybridized carbons (Fsp3) is 0.125. The molecule has 1 aromatic carbocycles. The number of rotatable bonds is 2. The highest BCUT2D eigenvalue weighted by Gasteiger charge is 2.12. The van der Waals surface area contributed by atoms with E-state index in [1.807, 2.05) is 50.3 Å². The Morgan fingerprint density at radius 1 is 1.15 bits per heavy atom. The van der Waals surface area contributed by atoms with Crippen LogP contribution < -0.4 is 5.63 Å². The molecule has 0 aliphatic heterocycles. The summed E-state index contributed by atoms with van der Waals surface area (Å²) < 4.78 is 5.26. The SMILES string of the molecule is Cc1sc2nc(/C=C\c3ccccc3)oc(=O)c2c1C. The highest BCUT2D eigenvalue weighted by molar-refractivity contribution is 7.18. The largest absolute Gasteiger partial charge is 0.404 e. The summed E-state index contributed by atoms with van der Waals surface area (Å²) in [6.45, 7) is 3.91. The highest BCUT2D eigenvalue weighted by atomic mass is 32.1. The van der Waals surface area contributed by atoms with E-state index in [1.54, 1.807) is 6.08 Å². The zero-order valence-corrected chi connectivity index (χ0v) is 12.0. The van der Waals surface area contributed by atoms with E-state index >= 15 is 0 Å². The van der Waals surface area contributed by atoms with Gasteiger partial charge in [0.1, 0.15) is 10.2 Å². The molecule has 0 bridgehead atoms. The molecule has 3 aromatic rings. The Kier molecular flexibility index (Phi) is 3.24. The van der Waals surface area contributed by atoms with Gasteiger partial charge < -0.3 is 4.42 Å². The average molecular weight is 283 g/mol. The molecule has 2 heterocycles. The van der Waals surface area contributed by atoms with Crippen molar-refractivity contribution in [1.29, 1.82) is 0 Å². The molecule has 0 amide bonds. The van der Waals surface area contributed by atoms with E-state index < -0.39 is 0 Å². The van der Waals surface area contributed by atoms with Crippen molar-refractivity contribution in [3.63, 3.8) is 0 Å². The van der Waals surface area contributed by atoms with Crippen LogP contribution in [-0.4, -0.2) is 4.98 Å². The Bertz CT molecular complexity index is 844. The summed E-state index contributed by atoms with van der Waals surface area (Å²) in [5.41, 5.74) is 1.69. The molecule has 0 aliphatic carbocycles. The number of aryl methyl sites for hydroxylation is 2.